The van der Waals surface area contributed by atoms with Crippen LogP contribution in [-0.4, -0.2) is 0 Å². The van der Waals surface area contributed by atoms with Crippen molar-refractivity contribution >= 4 is 0 Å². The molecule has 4 aromatic rings. The van der Waals surface area contributed by atoms with Gasteiger partial charge in [-0.2, -0.15) is 0 Å². The van der Waals surface area contributed by atoms with Gasteiger partial charge < -0.3 is 0 Å². The van der Waals surface area contributed by atoms with Crippen molar-refractivity contribution in [3.63, 3.8) is 0 Å². The van der Waals surface area contributed by atoms with Gasteiger partial charge >= 0.3 is 4.28 Å². The van der Waals surface area contributed by atoms with Gasteiger partial charge in [-0.3, -0.25) is 0 Å². The van der Waals surface area contributed by atoms with Gasteiger partial charge in [-0.15, -0.1) is 0 Å². The minimum absolute atomic E-state index is 0. The van der Waals surface area contributed by atoms with Gasteiger partial charge in [0.05, 0.1) is 0 Å². The van der Waals surface area contributed by atoms with Gasteiger partial charge in [0.25, 0.3) is 0 Å². The van der Waals surface area contributed by atoms with E-state index >= 15 is 0 Å². The topological polar surface area (TPSA) is 0 Å². The summed E-state index contributed by atoms with van der Waals surface area (Å²) < 4.78 is 0. The summed E-state index contributed by atoms with van der Waals surface area (Å²) in [5.74, 6) is 6.25. The Kier molecular flexibility index (Phi) is 62.3. The molecule has 0 spiro atoms. The summed E-state index contributed by atoms with van der Waals surface area (Å²) in [6.07, 6.45) is 63.7. The molecular formula is C90H161+3. The number of aryl methyl sites for hydroxylation is 7. The Labute approximate surface area is 571 Å². The van der Waals surface area contributed by atoms with Gasteiger partial charge in [-0.1, -0.05) is 431 Å². The van der Waals surface area contributed by atoms with Crippen LogP contribution in [0.5, 0.6) is 0 Å². The van der Waals surface area contributed by atoms with Crippen LogP contribution >= 0.6 is 0 Å². The first kappa shape index (κ1) is 86.9. The van der Waals surface area contributed by atoms with E-state index in [0.717, 1.165) is 48.3 Å². The molecule has 3 fully saturated rings. The molecule has 2 unspecified atom stereocenters. The van der Waals surface area contributed by atoms with Crippen molar-refractivity contribution in [2.75, 3.05) is 0 Å². The molecule has 8 rings (SSSR count). The predicted molar refractivity (Wildman–Crippen MR) is 417 cm³/mol. The minimum atomic E-state index is 0. The highest BCUT2D eigenvalue weighted by atomic mass is 14.3. The summed E-state index contributed by atoms with van der Waals surface area (Å²) in [5.41, 5.74) is 10.5. The molecule has 4 aliphatic carbocycles. The van der Waals surface area contributed by atoms with E-state index in [4.69, 9.17) is 0 Å². The van der Waals surface area contributed by atoms with Crippen molar-refractivity contribution in [1.29, 1.82) is 0 Å². The van der Waals surface area contributed by atoms with Crippen molar-refractivity contribution in [3.05, 3.63) is 142 Å². The molecule has 3 saturated carbocycles. The second kappa shape index (κ2) is 64.6. The second-order valence-corrected chi connectivity index (χ2v) is 28.5. The zero-order valence-corrected chi connectivity index (χ0v) is 63.6. The lowest BCUT2D eigenvalue weighted by molar-refractivity contribution is 0.171. The average Bonchev–Trinajstić information content (AvgIpc) is 1.41. The van der Waals surface area contributed by atoms with Gasteiger partial charge in [0.15, 0.2) is 0 Å². The lowest BCUT2D eigenvalue weighted by Crippen LogP contribution is -2.22. The number of unbranched alkanes of at least 4 members (excludes halogenated alkanes) is 12. The van der Waals surface area contributed by atoms with Crippen molar-refractivity contribution in [2.24, 2.45) is 35.5 Å². The Hall–Kier alpha value is -3.12. The summed E-state index contributed by atoms with van der Waals surface area (Å²) in [7, 11) is 0. The molecule has 0 saturated heterocycles. The highest BCUT2D eigenvalue weighted by molar-refractivity contribution is 5.29. The average molecular weight is 1240 g/mol. The molecule has 0 heterocycles. The van der Waals surface area contributed by atoms with E-state index in [1.165, 1.54) is 278 Å². The first-order valence-corrected chi connectivity index (χ1v) is 40.2. The van der Waals surface area contributed by atoms with E-state index in [2.05, 4.69) is 207 Å². The van der Waals surface area contributed by atoms with E-state index in [0.29, 0.717) is 0 Å². The Bertz CT molecular complexity index is 1930. The number of benzene rings is 4. The number of fused-ring (bicyclic) bond motifs is 2. The molecule has 90 heavy (non-hydrogen) atoms. The Morgan fingerprint density at radius 1 is 0.344 bits per heavy atom. The van der Waals surface area contributed by atoms with Gasteiger partial charge in [-0.05, 0) is 139 Å². The van der Waals surface area contributed by atoms with Crippen molar-refractivity contribution in [1.82, 2.24) is 0 Å². The van der Waals surface area contributed by atoms with Crippen molar-refractivity contribution < 1.29 is 4.28 Å². The van der Waals surface area contributed by atoms with Crippen LogP contribution in [0.4, 0.5) is 0 Å². The van der Waals surface area contributed by atoms with Gasteiger partial charge in [0.2, 0.25) is 0 Å². The molecule has 0 amide bonds. The maximum absolute atomic E-state index is 2.38. The lowest BCUT2D eigenvalue weighted by Gasteiger charge is -2.35. The SMILES string of the molecule is C1CCC2CCCCC2C1.CCCCC(C)C(C)CC.CCCCC(C)CCCC.CCCCC1CCCCC1.CCCCCCCCCC.CCCCc1ccccc1.CCCc1ccccc1C.CCc1ccccc1CC.[H+].[H+].[H+].c1ccc2c(c1)CCCC2. The molecule has 0 nitrogen and oxygen atoms in total. The highest BCUT2D eigenvalue weighted by Crippen LogP contribution is 2.40. The summed E-state index contributed by atoms with van der Waals surface area (Å²) in [6, 6.07) is 36.7. The lowest BCUT2D eigenvalue weighted by atomic mass is 9.71. The molecule has 0 aliphatic heterocycles. The monoisotopic (exact) mass is 1240 g/mol. The third kappa shape index (κ3) is 48.6. The fourth-order valence-electron chi connectivity index (χ4n) is 13.6. The van der Waals surface area contributed by atoms with Crippen LogP contribution < -0.4 is 0 Å². The molecule has 0 aromatic heterocycles. The predicted octanol–water partition coefficient (Wildman–Crippen LogP) is 30.8. The van der Waals surface area contributed by atoms with Crippen LogP contribution in [0.1, 0.15) is 391 Å². The largest absolute Gasteiger partial charge is 1.00 e. The summed E-state index contributed by atoms with van der Waals surface area (Å²) in [5, 5.41) is 0. The number of rotatable bonds is 28. The van der Waals surface area contributed by atoms with Gasteiger partial charge in [0, 0.05) is 0 Å². The molecule has 0 radical (unpaired) electrons. The summed E-state index contributed by atoms with van der Waals surface area (Å²) in [4.78, 5) is 0. The standard InChI is InChI=1S/C10H18.C10H12.2C10H14.C10H20.C10H14.3C10H22/c2*1-2-6-10-8-4-3-7-9(10)5-1;1-3-6-10-8-5-4-7-9(10)2;1-3-9-7-5-6-8-10(9)4-2;2*1-2-3-7-10-8-5-4-6-9-10;1-5-7-8-10(4)9(3)6-2;1-4-6-8-10(3)9-7-5-2;1-3-5-7-9-10-8-6-4-2/h9-10H,1-8H2;1-2,5-6H,3-4,7-8H2;4-5,7-8H,3,6H2,1-2H3;5-8H,3-4H2,1-2H3;10H,2-9H2,1H3;4-6,8-9H,2-3,7H2,1H3;9-10H,5-8H2,1-4H3;10H,4-9H2,1-3H3;3-10H2,1-2H3/p+3. The summed E-state index contributed by atoms with van der Waals surface area (Å²) >= 11 is 0. The Balaban J connectivity index is -0.000000477. The summed E-state index contributed by atoms with van der Waals surface area (Å²) in [6.45, 7) is 34.1. The van der Waals surface area contributed by atoms with Gasteiger partial charge in [0.1, 0.15) is 0 Å². The molecule has 2 atom stereocenters. The zero-order chi connectivity index (χ0) is 66.3. The molecule has 518 valence electrons. The van der Waals surface area contributed by atoms with Crippen LogP contribution in [-0.2, 0) is 38.5 Å². The maximum atomic E-state index is 2.38. The van der Waals surface area contributed by atoms with E-state index < -0.39 is 0 Å². The number of hydrogen-bond acceptors (Lipinski definition) is 0. The third-order valence-corrected chi connectivity index (χ3v) is 20.4. The second-order valence-electron chi connectivity index (χ2n) is 28.5. The van der Waals surface area contributed by atoms with Crippen LogP contribution in [0.25, 0.3) is 0 Å². The normalized spacial score (nSPS) is 16.2. The van der Waals surface area contributed by atoms with Crippen LogP contribution in [0, 0.1) is 42.4 Å². The molecule has 0 heteroatoms. The highest BCUT2D eigenvalue weighted by Gasteiger charge is 2.27. The smallest absolute Gasteiger partial charge is 0.0654 e. The Morgan fingerprint density at radius 2 is 0.744 bits per heavy atom. The van der Waals surface area contributed by atoms with E-state index in [9.17, 15) is 0 Å². The molecular weight excluding hydrogens is 1080 g/mol. The van der Waals surface area contributed by atoms with E-state index in [-0.39, 0.29) is 4.28 Å². The van der Waals surface area contributed by atoms with Crippen molar-refractivity contribution in [2.45, 2.75) is 393 Å². The van der Waals surface area contributed by atoms with E-state index in [1.54, 1.807) is 36.8 Å². The minimum Gasteiger partial charge on any atom is -0.0654 e. The van der Waals surface area contributed by atoms with Crippen LogP contribution in [0.2, 0.25) is 0 Å². The maximum Gasteiger partial charge on any atom is 1.00 e. The Morgan fingerprint density at radius 3 is 1.17 bits per heavy atom. The van der Waals surface area contributed by atoms with Gasteiger partial charge in [-0.25, -0.2) is 0 Å². The van der Waals surface area contributed by atoms with Crippen LogP contribution in [0.3, 0.4) is 0 Å². The van der Waals surface area contributed by atoms with Crippen molar-refractivity contribution in [3.8, 4) is 0 Å². The first-order valence-electron chi connectivity index (χ1n) is 40.2. The molecule has 0 N–H and O–H groups in total. The molecule has 4 aliphatic rings. The first-order chi connectivity index (χ1) is 44.0. The zero-order valence-electron chi connectivity index (χ0n) is 66.6. The quantitative estimate of drug-likeness (QED) is 0.0497. The van der Waals surface area contributed by atoms with Crippen LogP contribution in [0.15, 0.2) is 103 Å². The van der Waals surface area contributed by atoms with E-state index in [1.807, 2.05) is 0 Å². The molecule has 4 aromatic carbocycles. The fraction of sp³-hybridized carbons (Fsp3) is 0.733. The third-order valence-electron chi connectivity index (χ3n) is 20.4. The number of hydrogen-bond donors (Lipinski definition) is 0. The molecule has 0 bridgehead atoms. The fourth-order valence-corrected chi connectivity index (χ4v) is 13.6.